The van der Waals surface area contributed by atoms with Crippen molar-refractivity contribution in [3.63, 3.8) is 0 Å². The van der Waals surface area contributed by atoms with Crippen molar-refractivity contribution < 1.29 is 4.74 Å². The van der Waals surface area contributed by atoms with E-state index in [2.05, 4.69) is 79.3 Å². The summed E-state index contributed by atoms with van der Waals surface area (Å²) in [5, 5.41) is 0.643. The van der Waals surface area contributed by atoms with Gasteiger partial charge in [0.25, 0.3) is 0 Å². The average Bonchev–Trinajstić information content (AvgIpc) is 3.06. The summed E-state index contributed by atoms with van der Waals surface area (Å²) < 4.78 is 5.35. The van der Waals surface area contributed by atoms with Crippen molar-refractivity contribution in [2.24, 2.45) is 0 Å². The topological polar surface area (TPSA) is 44.7 Å². The Kier molecular flexibility index (Phi) is 35.7. The first-order valence-electron chi connectivity index (χ1n) is 17.9. The molecule has 2 aliphatic rings. The third-order valence-corrected chi connectivity index (χ3v) is 7.39. The quantitative estimate of drug-likeness (QED) is 0.289. The smallest absolute Gasteiger partial charge is 0.137 e. The van der Waals surface area contributed by atoms with Crippen LogP contribution in [0.4, 0.5) is 0 Å². The summed E-state index contributed by atoms with van der Waals surface area (Å²) in [7, 11) is 2.19. The number of ether oxygens (including phenoxy) is 1. The molecule has 45 heavy (non-hydrogen) atoms. The number of rotatable bonds is 6. The average molecular weight is 650 g/mol. The Labute approximate surface area is 286 Å². The van der Waals surface area contributed by atoms with Gasteiger partial charge in [0.05, 0.1) is 12.3 Å². The van der Waals surface area contributed by atoms with Gasteiger partial charge in [-0.2, -0.15) is 0 Å². The van der Waals surface area contributed by atoms with Gasteiger partial charge in [0.2, 0.25) is 0 Å². The van der Waals surface area contributed by atoms with Gasteiger partial charge in [0, 0.05) is 67.0 Å². The fraction of sp³-hybridized carbons (Fsp3) is 0.737. The van der Waals surface area contributed by atoms with E-state index in [1.54, 1.807) is 18.6 Å². The molecule has 2 aromatic rings. The van der Waals surface area contributed by atoms with E-state index in [1.165, 1.54) is 63.4 Å². The van der Waals surface area contributed by atoms with Crippen LogP contribution in [0.1, 0.15) is 116 Å². The van der Waals surface area contributed by atoms with E-state index in [0.29, 0.717) is 5.25 Å². The molecule has 0 saturated carbocycles. The van der Waals surface area contributed by atoms with Crippen LogP contribution >= 0.6 is 11.8 Å². The second kappa shape index (κ2) is 33.7. The van der Waals surface area contributed by atoms with Crippen LogP contribution in [-0.2, 0) is 0 Å². The molecule has 2 saturated heterocycles. The van der Waals surface area contributed by atoms with E-state index in [0.717, 1.165) is 17.8 Å². The summed E-state index contributed by atoms with van der Waals surface area (Å²) >= 11 is 1.84. The van der Waals surface area contributed by atoms with E-state index in [1.807, 2.05) is 91.5 Å². The van der Waals surface area contributed by atoms with E-state index >= 15 is 0 Å². The van der Waals surface area contributed by atoms with Crippen LogP contribution in [0.15, 0.2) is 53.9 Å². The third kappa shape index (κ3) is 29.5. The lowest BCUT2D eigenvalue weighted by molar-refractivity contribution is 0.126. The zero-order valence-electron chi connectivity index (χ0n) is 32.3. The van der Waals surface area contributed by atoms with Gasteiger partial charge in [0.15, 0.2) is 0 Å². The predicted molar refractivity (Wildman–Crippen MR) is 204 cm³/mol. The summed E-state index contributed by atoms with van der Waals surface area (Å²) in [6.07, 6.45) is 11.6. The first-order chi connectivity index (χ1) is 21.6. The molecule has 2 fully saturated rings. The fourth-order valence-electron chi connectivity index (χ4n) is 4.15. The molecule has 0 radical (unpaired) electrons. The maximum Gasteiger partial charge on any atom is 0.137 e. The summed E-state index contributed by atoms with van der Waals surface area (Å²) in [6, 6.07) is 9.30. The highest BCUT2D eigenvalue weighted by Gasteiger charge is 2.15. The van der Waals surface area contributed by atoms with Gasteiger partial charge in [-0.15, -0.1) is 11.8 Å². The Morgan fingerprint density at radius 3 is 1.44 bits per heavy atom. The first-order valence-corrected chi connectivity index (χ1v) is 18.8. The number of likely N-dealkylation sites (tertiary alicyclic amines) is 1. The van der Waals surface area contributed by atoms with Gasteiger partial charge in [-0.25, -0.2) is 0 Å². The standard InChI is InChI=1S/C8H18N2.C8H11NO.C8H11NS.C8H17N.3C2H6/c1-8(2)10-6-4-9(3)5-7-10;2*1-7(2)10-8-4-3-5-9-6-8;1-8(2)9-6-4-3-5-7-9;3*1-2/h8H,4-7H2,1-3H3;2*3-7H,1-2H3;8H,3-7H2,1-2H3;3*1-2H3. The van der Waals surface area contributed by atoms with Crippen LogP contribution < -0.4 is 4.74 Å². The molecule has 0 amide bonds. The molecular formula is C38H75N5OS. The molecular weight excluding hydrogens is 575 g/mol. The SMILES string of the molecule is CC.CC.CC.CC(C)N1CCCCC1.CC(C)N1CCN(C)CC1.CC(C)Oc1cccnc1.CC(C)Sc1cccnc1. The highest BCUT2D eigenvalue weighted by Crippen LogP contribution is 2.20. The fourth-order valence-corrected chi connectivity index (χ4v) is 4.97. The molecule has 0 N–H and O–H groups in total. The number of piperazine rings is 1. The number of nitrogens with zero attached hydrogens (tertiary/aromatic N) is 5. The highest BCUT2D eigenvalue weighted by molar-refractivity contribution is 7.99. The van der Waals surface area contributed by atoms with Crippen LogP contribution in [-0.4, -0.2) is 94.4 Å². The van der Waals surface area contributed by atoms with Gasteiger partial charge >= 0.3 is 0 Å². The Balaban J connectivity index is -0.000000494. The maximum absolute atomic E-state index is 5.35. The molecule has 0 spiro atoms. The Morgan fingerprint density at radius 2 is 1.09 bits per heavy atom. The molecule has 4 rings (SSSR count). The van der Waals surface area contributed by atoms with Crippen LogP contribution in [0, 0.1) is 0 Å². The second-order valence-corrected chi connectivity index (χ2v) is 13.0. The number of likely N-dealkylation sites (N-methyl/N-ethyl adjacent to an activating group) is 1. The van der Waals surface area contributed by atoms with Gasteiger partial charge < -0.3 is 14.5 Å². The minimum absolute atomic E-state index is 0.226. The summed E-state index contributed by atoms with van der Waals surface area (Å²) in [4.78, 5) is 16.7. The highest BCUT2D eigenvalue weighted by atomic mass is 32.2. The number of hydrogen-bond donors (Lipinski definition) is 0. The molecule has 2 aromatic heterocycles. The lowest BCUT2D eigenvalue weighted by Gasteiger charge is -2.34. The van der Waals surface area contributed by atoms with Gasteiger partial charge in [-0.05, 0) is 98.8 Å². The Bertz CT molecular complexity index is 762. The van der Waals surface area contributed by atoms with Crippen molar-refractivity contribution >= 4 is 11.8 Å². The van der Waals surface area contributed by atoms with Crippen LogP contribution in [0.5, 0.6) is 5.75 Å². The molecule has 0 atom stereocenters. The Morgan fingerprint density at radius 1 is 0.622 bits per heavy atom. The van der Waals surface area contributed by atoms with Crippen molar-refractivity contribution in [1.82, 2.24) is 24.7 Å². The summed E-state index contributed by atoms with van der Waals surface area (Å²) in [5.41, 5.74) is 0. The molecule has 0 aromatic carbocycles. The molecule has 264 valence electrons. The molecule has 7 heteroatoms. The van der Waals surface area contributed by atoms with E-state index < -0.39 is 0 Å². The molecule has 0 bridgehead atoms. The molecule has 6 nitrogen and oxygen atoms in total. The van der Waals surface area contributed by atoms with Gasteiger partial charge in [0.1, 0.15) is 5.75 Å². The number of piperidine rings is 1. The zero-order chi connectivity index (χ0) is 35.0. The summed E-state index contributed by atoms with van der Waals surface area (Å²) in [5.74, 6) is 0.831. The molecule has 0 unspecified atom stereocenters. The van der Waals surface area contributed by atoms with E-state index in [4.69, 9.17) is 4.74 Å². The van der Waals surface area contributed by atoms with Crippen molar-refractivity contribution in [3.05, 3.63) is 49.1 Å². The van der Waals surface area contributed by atoms with Crippen LogP contribution in [0.3, 0.4) is 0 Å². The monoisotopic (exact) mass is 650 g/mol. The van der Waals surface area contributed by atoms with Gasteiger partial charge in [-0.3, -0.25) is 14.9 Å². The zero-order valence-corrected chi connectivity index (χ0v) is 33.2. The lowest BCUT2D eigenvalue weighted by atomic mass is 10.1. The largest absolute Gasteiger partial charge is 0.489 e. The first kappa shape index (κ1) is 47.7. The minimum atomic E-state index is 0.226. The van der Waals surface area contributed by atoms with E-state index in [9.17, 15) is 0 Å². The lowest BCUT2D eigenvalue weighted by Crippen LogP contribution is -2.47. The normalized spacial score (nSPS) is 14.8. The van der Waals surface area contributed by atoms with Crippen molar-refractivity contribution in [2.75, 3.05) is 46.3 Å². The second-order valence-electron chi connectivity index (χ2n) is 11.3. The number of thioether (sulfide) groups is 1. The van der Waals surface area contributed by atoms with Crippen molar-refractivity contribution in [2.45, 2.75) is 145 Å². The van der Waals surface area contributed by atoms with Crippen LogP contribution in [0.25, 0.3) is 0 Å². The predicted octanol–water partition coefficient (Wildman–Crippen LogP) is 10.1. The molecule has 0 aliphatic carbocycles. The summed E-state index contributed by atoms with van der Waals surface area (Å²) in [6.45, 7) is 37.1. The third-order valence-electron chi connectivity index (χ3n) is 6.40. The molecule has 2 aliphatic heterocycles. The number of pyridine rings is 2. The number of aromatic nitrogens is 2. The Hall–Kier alpha value is -1.67. The minimum Gasteiger partial charge on any atom is -0.489 e. The van der Waals surface area contributed by atoms with Crippen molar-refractivity contribution in [3.8, 4) is 5.75 Å². The van der Waals surface area contributed by atoms with Crippen molar-refractivity contribution in [1.29, 1.82) is 0 Å². The maximum atomic E-state index is 5.35. The van der Waals surface area contributed by atoms with Crippen LogP contribution in [0.2, 0.25) is 0 Å². The number of hydrogen-bond acceptors (Lipinski definition) is 7. The molecule has 4 heterocycles. The van der Waals surface area contributed by atoms with Gasteiger partial charge in [-0.1, -0.05) is 61.8 Å². The van der Waals surface area contributed by atoms with E-state index in [-0.39, 0.29) is 6.10 Å².